The summed E-state index contributed by atoms with van der Waals surface area (Å²) in [6.07, 6.45) is 4.09. The molecule has 3 rings (SSSR count). The highest BCUT2D eigenvalue weighted by atomic mass is 16.5. The second-order valence-corrected chi connectivity index (χ2v) is 7.16. The van der Waals surface area contributed by atoms with Crippen LogP contribution < -0.4 is 11.1 Å². The Morgan fingerprint density at radius 1 is 1.20 bits per heavy atom. The van der Waals surface area contributed by atoms with Gasteiger partial charge in [0.1, 0.15) is 6.61 Å². The number of anilines is 1. The smallest absolute Gasteiger partial charge is 0.250 e. The van der Waals surface area contributed by atoms with Crippen molar-refractivity contribution in [1.29, 1.82) is 0 Å². The molecule has 0 aromatic heterocycles. The van der Waals surface area contributed by atoms with E-state index in [4.69, 9.17) is 10.5 Å². The zero-order valence-corrected chi connectivity index (χ0v) is 14.6. The molecule has 0 atom stereocenters. The lowest BCUT2D eigenvalue weighted by Crippen LogP contribution is -2.38. The van der Waals surface area contributed by atoms with Gasteiger partial charge in [0.05, 0.1) is 6.61 Å². The summed E-state index contributed by atoms with van der Waals surface area (Å²) in [5, 5.41) is 2.89. The highest BCUT2D eigenvalue weighted by Crippen LogP contribution is 2.28. The van der Waals surface area contributed by atoms with Gasteiger partial charge in [-0.2, -0.15) is 0 Å². The molecule has 25 heavy (non-hydrogen) atoms. The van der Waals surface area contributed by atoms with Crippen LogP contribution in [0.2, 0.25) is 0 Å². The van der Waals surface area contributed by atoms with Crippen molar-refractivity contribution < 1.29 is 14.3 Å². The van der Waals surface area contributed by atoms with Gasteiger partial charge in [0, 0.05) is 18.2 Å². The molecule has 2 fully saturated rings. The normalized spacial score (nSPS) is 18.9. The monoisotopic (exact) mass is 345 g/mol. The van der Waals surface area contributed by atoms with Gasteiger partial charge in [0.25, 0.3) is 0 Å². The average molecular weight is 345 g/mol. The molecule has 0 bridgehead atoms. The Balaban J connectivity index is 1.44. The first-order chi connectivity index (χ1) is 12.1. The zero-order valence-electron chi connectivity index (χ0n) is 14.6. The van der Waals surface area contributed by atoms with E-state index in [1.165, 1.54) is 12.8 Å². The minimum absolute atomic E-state index is 0.0116. The molecule has 0 unspecified atom stereocenters. The van der Waals surface area contributed by atoms with Crippen LogP contribution >= 0.6 is 0 Å². The highest BCUT2D eigenvalue weighted by molar-refractivity contribution is 5.91. The molecule has 2 aliphatic rings. The van der Waals surface area contributed by atoms with Gasteiger partial charge < -0.3 is 15.8 Å². The van der Waals surface area contributed by atoms with Crippen molar-refractivity contribution in [2.75, 3.05) is 31.6 Å². The molecular formula is C19H27N3O3. The molecule has 0 radical (unpaired) electrons. The molecule has 6 nitrogen and oxygen atoms in total. The maximum Gasteiger partial charge on any atom is 0.250 e. The van der Waals surface area contributed by atoms with Gasteiger partial charge in [-0.25, -0.2) is 0 Å². The van der Waals surface area contributed by atoms with Crippen molar-refractivity contribution in [3.63, 3.8) is 0 Å². The summed E-state index contributed by atoms with van der Waals surface area (Å²) in [5.74, 6) is 0.376. The summed E-state index contributed by atoms with van der Waals surface area (Å²) in [4.78, 5) is 25.5. The van der Waals surface area contributed by atoms with Gasteiger partial charge in [0.2, 0.25) is 11.8 Å². The standard InChI is InChI=1S/C19H27N3O3/c20-19(24)16-6-8-22(9-7-16)11-15-2-1-3-17(10-15)21-18(23)13-25-12-14-4-5-14/h1-3,10,14,16H,4-9,11-13H2,(H2,20,24)(H,21,23). The number of carbonyl (C=O) groups is 2. The van der Waals surface area contributed by atoms with E-state index in [-0.39, 0.29) is 24.3 Å². The number of piperidine rings is 1. The van der Waals surface area contributed by atoms with E-state index in [1.54, 1.807) is 0 Å². The van der Waals surface area contributed by atoms with Crippen molar-refractivity contribution in [2.24, 2.45) is 17.6 Å². The number of primary amides is 1. The first-order valence-electron chi connectivity index (χ1n) is 9.08. The fourth-order valence-electron chi connectivity index (χ4n) is 3.18. The Labute approximate surface area is 148 Å². The number of nitrogens with zero attached hydrogens (tertiary/aromatic N) is 1. The molecule has 1 saturated carbocycles. The highest BCUT2D eigenvalue weighted by Gasteiger charge is 2.23. The lowest BCUT2D eigenvalue weighted by molar-refractivity contribution is -0.123. The quantitative estimate of drug-likeness (QED) is 0.752. The van der Waals surface area contributed by atoms with E-state index in [0.29, 0.717) is 12.5 Å². The third-order valence-electron chi connectivity index (χ3n) is 4.89. The average Bonchev–Trinajstić information content (AvgIpc) is 3.40. The fraction of sp³-hybridized carbons (Fsp3) is 0.579. The van der Waals surface area contributed by atoms with Gasteiger partial charge in [-0.3, -0.25) is 14.5 Å². The second kappa shape index (κ2) is 8.45. The van der Waals surface area contributed by atoms with Gasteiger partial charge in [-0.1, -0.05) is 12.1 Å². The Hall–Kier alpha value is -1.92. The van der Waals surface area contributed by atoms with Gasteiger partial charge in [-0.15, -0.1) is 0 Å². The summed E-state index contributed by atoms with van der Waals surface area (Å²) in [5.41, 5.74) is 7.32. The van der Waals surface area contributed by atoms with Crippen LogP contribution in [0.25, 0.3) is 0 Å². The van der Waals surface area contributed by atoms with Crippen LogP contribution in [-0.2, 0) is 20.9 Å². The molecule has 136 valence electrons. The first kappa shape index (κ1) is 17.9. The Morgan fingerprint density at radius 3 is 2.64 bits per heavy atom. The Morgan fingerprint density at radius 2 is 1.96 bits per heavy atom. The number of hydrogen-bond donors (Lipinski definition) is 2. The number of amides is 2. The molecule has 2 amide bonds. The number of benzene rings is 1. The zero-order chi connectivity index (χ0) is 17.6. The van der Waals surface area contributed by atoms with Crippen molar-refractivity contribution in [3.05, 3.63) is 29.8 Å². The Kier molecular flexibility index (Phi) is 6.04. The van der Waals surface area contributed by atoms with Crippen LogP contribution in [0.15, 0.2) is 24.3 Å². The van der Waals surface area contributed by atoms with E-state index in [1.807, 2.05) is 18.2 Å². The maximum atomic E-state index is 11.9. The number of hydrogen-bond acceptors (Lipinski definition) is 4. The number of carbonyl (C=O) groups excluding carboxylic acids is 2. The minimum Gasteiger partial charge on any atom is -0.371 e. The van der Waals surface area contributed by atoms with Crippen molar-refractivity contribution in [2.45, 2.75) is 32.2 Å². The topological polar surface area (TPSA) is 84.7 Å². The van der Waals surface area contributed by atoms with E-state index in [9.17, 15) is 9.59 Å². The number of ether oxygens (including phenoxy) is 1. The largest absolute Gasteiger partial charge is 0.371 e. The lowest BCUT2D eigenvalue weighted by atomic mass is 9.96. The summed E-state index contributed by atoms with van der Waals surface area (Å²) in [7, 11) is 0. The second-order valence-electron chi connectivity index (χ2n) is 7.16. The number of rotatable bonds is 8. The number of likely N-dealkylation sites (tertiary alicyclic amines) is 1. The Bertz CT molecular complexity index is 608. The molecular weight excluding hydrogens is 318 g/mol. The fourth-order valence-corrected chi connectivity index (χ4v) is 3.18. The molecule has 1 aromatic rings. The summed E-state index contributed by atoms with van der Waals surface area (Å²) >= 11 is 0. The molecule has 0 spiro atoms. The summed E-state index contributed by atoms with van der Waals surface area (Å²) in [6, 6.07) is 7.90. The van der Waals surface area contributed by atoms with Gasteiger partial charge in [0.15, 0.2) is 0 Å². The van der Waals surface area contributed by atoms with Crippen molar-refractivity contribution >= 4 is 17.5 Å². The SMILES string of the molecule is NC(=O)C1CCN(Cc2cccc(NC(=O)COCC3CC3)c2)CC1. The summed E-state index contributed by atoms with van der Waals surface area (Å²) in [6.45, 7) is 3.36. The molecule has 1 aliphatic heterocycles. The number of nitrogens with two attached hydrogens (primary N) is 1. The molecule has 1 heterocycles. The molecule has 1 aliphatic carbocycles. The summed E-state index contributed by atoms with van der Waals surface area (Å²) < 4.78 is 5.41. The van der Waals surface area contributed by atoms with Gasteiger partial charge >= 0.3 is 0 Å². The van der Waals surface area contributed by atoms with E-state index in [0.717, 1.165) is 43.7 Å². The van der Waals surface area contributed by atoms with Crippen molar-refractivity contribution in [1.82, 2.24) is 4.90 Å². The van der Waals surface area contributed by atoms with E-state index in [2.05, 4.69) is 16.3 Å². The molecule has 6 heteroatoms. The minimum atomic E-state index is -0.187. The van der Waals surface area contributed by atoms with Crippen LogP contribution in [0.3, 0.4) is 0 Å². The van der Waals surface area contributed by atoms with E-state index < -0.39 is 0 Å². The molecule has 3 N–H and O–H groups in total. The van der Waals surface area contributed by atoms with Crippen LogP contribution in [0.1, 0.15) is 31.2 Å². The number of nitrogens with one attached hydrogen (secondary N) is 1. The van der Waals surface area contributed by atoms with Gasteiger partial charge in [-0.05, 0) is 62.4 Å². The van der Waals surface area contributed by atoms with Crippen LogP contribution in [0, 0.1) is 11.8 Å². The van der Waals surface area contributed by atoms with Crippen LogP contribution in [0.5, 0.6) is 0 Å². The molecule has 1 saturated heterocycles. The third kappa shape index (κ3) is 5.83. The van der Waals surface area contributed by atoms with Crippen molar-refractivity contribution in [3.8, 4) is 0 Å². The third-order valence-corrected chi connectivity index (χ3v) is 4.89. The predicted molar refractivity (Wildman–Crippen MR) is 95.8 cm³/mol. The van der Waals surface area contributed by atoms with E-state index >= 15 is 0 Å². The lowest BCUT2D eigenvalue weighted by Gasteiger charge is -2.30. The maximum absolute atomic E-state index is 11.9. The first-order valence-corrected chi connectivity index (χ1v) is 9.08. The molecule has 1 aromatic carbocycles. The predicted octanol–water partition coefficient (Wildman–Crippen LogP) is 1.75. The van der Waals surface area contributed by atoms with Crippen LogP contribution in [-0.4, -0.2) is 43.0 Å². The van der Waals surface area contributed by atoms with Crippen LogP contribution in [0.4, 0.5) is 5.69 Å².